The van der Waals surface area contributed by atoms with E-state index in [2.05, 4.69) is 5.32 Å². The zero-order valence-electron chi connectivity index (χ0n) is 15.2. The number of rotatable bonds is 6. The Hall–Kier alpha value is -2.20. The molecule has 0 heterocycles. The van der Waals surface area contributed by atoms with Gasteiger partial charge in [-0.3, -0.25) is 4.79 Å². The van der Waals surface area contributed by atoms with Crippen LogP contribution in [-0.2, 0) is 4.79 Å². The molecule has 4 nitrogen and oxygen atoms in total. The quantitative estimate of drug-likeness (QED) is 0.817. The van der Waals surface area contributed by atoms with Crippen LogP contribution < -0.4 is 14.8 Å². The second-order valence-corrected chi connectivity index (χ2v) is 6.48. The predicted molar refractivity (Wildman–Crippen MR) is 101 cm³/mol. The molecular weight excluding hydrogens is 338 g/mol. The molecule has 0 aliphatic heterocycles. The van der Waals surface area contributed by atoms with Gasteiger partial charge in [0.15, 0.2) is 6.10 Å². The third-order valence-corrected chi connectivity index (χ3v) is 4.65. The minimum Gasteiger partial charge on any atom is -0.496 e. The van der Waals surface area contributed by atoms with Gasteiger partial charge in [-0.15, -0.1) is 0 Å². The van der Waals surface area contributed by atoms with E-state index in [0.29, 0.717) is 10.8 Å². The molecule has 2 atom stereocenters. The number of carbonyl (C=O) groups excluding carboxylic acids is 1. The highest BCUT2D eigenvalue weighted by atomic mass is 35.5. The third-order valence-electron chi connectivity index (χ3n) is 4.06. The van der Waals surface area contributed by atoms with Crippen molar-refractivity contribution in [2.75, 3.05) is 7.11 Å². The maximum Gasteiger partial charge on any atom is 0.261 e. The smallest absolute Gasteiger partial charge is 0.261 e. The van der Waals surface area contributed by atoms with Gasteiger partial charge in [0.05, 0.1) is 13.2 Å². The van der Waals surface area contributed by atoms with Crippen LogP contribution in [0.3, 0.4) is 0 Å². The van der Waals surface area contributed by atoms with Crippen molar-refractivity contribution in [1.29, 1.82) is 0 Å². The van der Waals surface area contributed by atoms with E-state index in [1.807, 2.05) is 57.2 Å². The van der Waals surface area contributed by atoms with Crippen LogP contribution in [0.25, 0.3) is 0 Å². The highest BCUT2D eigenvalue weighted by Crippen LogP contribution is 2.27. The average molecular weight is 362 g/mol. The van der Waals surface area contributed by atoms with Crippen LogP contribution in [0.2, 0.25) is 5.02 Å². The third kappa shape index (κ3) is 4.67. The topological polar surface area (TPSA) is 47.6 Å². The van der Waals surface area contributed by atoms with Crippen molar-refractivity contribution in [1.82, 2.24) is 5.32 Å². The second kappa shape index (κ2) is 8.26. The summed E-state index contributed by atoms with van der Waals surface area (Å²) < 4.78 is 11.1. The van der Waals surface area contributed by atoms with Crippen molar-refractivity contribution in [2.24, 2.45) is 0 Å². The highest BCUT2D eigenvalue weighted by molar-refractivity contribution is 6.32. The Labute approximate surface area is 154 Å². The normalized spacial score (nSPS) is 13.0. The molecule has 0 aliphatic carbocycles. The molecular formula is C20H24ClNO3. The molecule has 2 aromatic carbocycles. The first-order valence-electron chi connectivity index (χ1n) is 8.20. The van der Waals surface area contributed by atoms with Gasteiger partial charge >= 0.3 is 0 Å². The molecule has 2 rings (SSSR count). The first-order chi connectivity index (χ1) is 11.8. The Kier molecular flexibility index (Phi) is 6.32. The van der Waals surface area contributed by atoms with Crippen molar-refractivity contribution in [3.63, 3.8) is 0 Å². The van der Waals surface area contributed by atoms with Gasteiger partial charge in [0.2, 0.25) is 0 Å². The van der Waals surface area contributed by atoms with Gasteiger partial charge in [0.25, 0.3) is 5.91 Å². The molecule has 1 N–H and O–H groups in total. The lowest BCUT2D eigenvalue weighted by molar-refractivity contribution is -0.127. The number of benzene rings is 2. The SMILES string of the molecule is COc1ccccc1[C@H](C)NC(=O)[C@H](C)Oc1cc(C)c(Cl)c(C)c1. The fourth-order valence-corrected chi connectivity index (χ4v) is 2.77. The Morgan fingerprint density at radius 2 is 1.72 bits per heavy atom. The van der Waals surface area contributed by atoms with E-state index >= 15 is 0 Å². The molecule has 0 radical (unpaired) electrons. The molecule has 1 amide bonds. The molecule has 2 aromatic rings. The van der Waals surface area contributed by atoms with Crippen molar-refractivity contribution in [3.8, 4) is 11.5 Å². The average Bonchev–Trinajstić information content (AvgIpc) is 2.59. The number of carbonyl (C=O) groups is 1. The molecule has 0 saturated carbocycles. The van der Waals surface area contributed by atoms with E-state index < -0.39 is 6.10 Å². The van der Waals surface area contributed by atoms with Gasteiger partial charge in [-0.2, -0.15) is 0 Å². The summed E-state index contributed by atoms with van der Waals surface area (Å²) in [6.07, 6.45) is -0.628. The number of nitrogens with one attached hydrogen (secondary N) is 1. The lowest BCUT2D eigenvalue weighted by atomic mass is 10.1. The van der Waals surface area contributed by atoms with E-state index in [1.54, 1.807) is 14.0 Å². The maximum absolute atomic E-state index is 12.5. The summed E-state index contributed by atoms with van der Waals surface area (Å²) in [5.41, 5.74) is 2.77. The Bertz CT molecular complexity index is 737. The Morgan fingerprint density at radius 3 is 2.32 bits per heavy atom. The van der Waals surface area contributed by atoms with Crippen molar-refractivity contribution in [3.05, 3.63) is 58.1 Å². The zero-order chi connectivity index (χ0) is 18.6. The van der Waals surface area contributed by atoms with Gasteiger partial charge in [-0.25, -0.2) is 0 Å². The van der Waals surface area contributed by atoms with Crippen LogP contribution in [0.1, 0.15) is 36.6 Å². The zero-order valence-corrected chi connectivity index (χ0v) is 16.0. The van der Waals surface area contributed by atoms with Crippen LogP contribution in [0.15, 0.2) is 36.4 Å². The lowest BCUT2D eigenvalue weighted by Crippen LogP contribution is -2.37. The number of amides is 1. The minimum absolute atomic E-state index is 0.191. The van der Waals surface area contributed by atoms with Gasteiger partial charge in [0.1, 0.15) is 11.5 Å². The van der Waals surface area contributed by atoms with Crippen molar-refractivity contribution in [2.45, 2.75) is 39.8 Å². The summed E-state index contributed by atoms with van der Waals surface area (Å²) in [6, 6.07) is 11.1. The van der Waals surface area contributed by atoms with Crippen LogP contribution in [0, 0.1) is 13.8 Å². The summed E-state index contributed by atoms with van der Waals surface area (Å²) >= 11 is 6.17. The predicted octanol–water partition coefficient (Wildman–Crippen LogP) is 4.61. The maximum atomic E-state index is 12.5. The second-order valence-electron chi connectivity index (χ2n) is 6.10. The molecule has 0 saturated heterocycles. The summed E-state index contributed by atoms with van der Waals surface area (Å²) in [4.78, 5) is 12.5. The molecule has 5 heteroatoms. The van der Waals surface area contributed by atoms with Gasteiger partial charge in [-0.1, -0.05) is 29.8 Å². The number of methoxy groups -OCH3 is 1. The number of halogens is 1. The van der Waals surface area contributed by atoms with Crippen molar-refractivity contribution < 1.29 is 14.3 Å². The molecule has 0 fully saturated rings. The highest BCUT2D eigenvalue weighted by Gasteiger charge is 2.20. The molecule has 0 spiro atoms. The fourth-order valence-electron chi connectivity index (χ4n) is 2.66. The van der Waals surface area contributed by atoms with E-state index in [-0.39, 0.29) is 11.9 Å². The summed E-state index contributed by atoms with van der Waals surface area (Å²) in [7, 11) is 1.62. The van der Waals surface area contributed by atoms with Gasteiger partial charge in [-0.05, 0) is 57.0 Å². The molecule has 0 aliphatic rings. The molecule has 25 heavy (non-hydrogen) atoms. The number of para-hydroxylation sites is 1. The van der Waals surface area contributed by atoms with Gasteiger partial charge in [0, 0.05) is 10.6 Å². The fraction of sp³-hybridized carbons (Fsp3) is 0.350. The van der Waals surface area contributed by atoms with Crippen LogP contribution in [0.5, 0.6) is 11.5 Å². The van der Waals surface area contributed by atoms with E-state index in [4.69, 9.17) is 21.1 Å². The van der Waals surface area contributed by atoms with Crippen LogP contribution >= 0.6 is 11.6 Å². The number of ether oxygens (including phenoxy) is 2. The first kappa shape index (κ1) is 19.1. The van der Waals surface area contributed by atoms with Gasteiger partial charge < -0.3 is 14.8 Å². The number of hydrogen-bond acceptors (Lipinski definition) is 3. The standard InChI is InChI=1S/C20H24ClNO3/c1-12-10-16(11-13(2)19(12)21)25-15(4)20(23)22-14(3)17-8-6-7-9-18(17)24-5/h6-11,14-15H,1-5H3,(H,22,23)/t14-,15-/m0/s1. The summed E-state index contributed by atoms with van der Waals surface area (Å²) in [6.45, 7) is 7.47. The molecule has 0 bridgehead atoms. The van der Waals surface area contributed by atoms with Crippen LogP contribution in [0.4, 0.5) is 0 Å². The first-order valence-corrected chi connectivity index (χ1v) is 8.58. The molecule has 0 unspecified atom stereocenters. The molecule has 0 aromatic heterocycles. The summed E-state index contributed by atoms with van der Waals surface area (Å²) in [5, 5.41) is 3.68. The van der Waals surface area contributed by atoms with E-state index in [9.17, 15) is 4.79 Å². The largest absolute Gasteiger partial charge is 0.496 e. The van der Waals surface area contributed by atoms with Crippen molar-refractivity contribution >= 4 is 17.5 Å². The van der Waals surface area contributed by atoms with E-state index in [0.717, 1.165) is 22.4 Å². The van der Waals surface area contributed by atoms with Crippen LogP contribution in [-0.4, -0.2) is 19.1 Å². The minimum atomic E-state index is -0.628. The van der Waals surface area contributed by atoms with E-state index in [1.165, 1.54) is 0 Å². The monoisotopic (exact) mass is 361 g/mol. The Balaban J connectivity index is 2.05. The summed E-state index contributed by atoms with van der Waals surface area (Å²) in [5.74, 6) is 1.18. The number of hydrogen-bond donors (Lipinski definition) is 1. The number of aryl methyl sites for hydroxylation is 2. The Morgan fingerprint density at radius 1 is 1.12 bits per heavy atom. The lowest BCUT2D eigenvalue weighted by Gasteiger charge is -2.21. The molecule has 134 valence electrons.